The van der Waals surface area contributed by atoms with Gasteiger partial charge in [0.25, 0.3) is 5.91 Å². The fourth-order valence-electron chi connectivity index (χ4n) is 1.91. The molecule has 0 saturated heterocycles. The molecule has 0 fully saturated rings. The number of carbonyl (C=O) groups is 1. The van der Waals surface area contributed by atoms with Crippen LogP contribution in [0.15, 0.2) is 36.7 Å². The topological polar surface area (TPSA) is 66.9 Å². The van der Waals surface area contributed by atoms with Gasteiger partial charge >= 0.3 is 0 Å². The maximum atomic E-state index is 12.8. The molecule has 0 aliphatic heterocycles. The van der Waals surface area contributed by atoms with E-state index < -0.39 is 0 Å². The van der Waals surface area contributed by atoms with Crippen molar-refractivity contribution < 1.29 is 9.18 Å². The molecule has 23 heavy (non-hydrogen) atoms. The molecule has 122 valence electrons. The van der Waals surface area contributed by atoms with E-state index in [9.17, 15) is 9.18 Å². The maximum Gasteiger partial charge on any atom is 0.254 e. The largest absolute Gasteiger partial charge is 0.354 e. The molecule has 1 heterocycles. The zero-order chi connectivity index (χ0) is 16.7. The van der Waals surface area contributed by atoms with Gasteiger partial charge in [0.15, 0.2) is 0 Å². The Morgan fingerprint density at radius 3 is 2.43 bits per heavy atom. The first-order valence-electron chi connectivity index (χ1n) is 7.63. The Morgan fingerprint density at radius 2 is 1.83 bits per heavy atom. The first-order chi connectivity index (χ1) is 11.0. The van der Waals surface area contributed by atoms with E-state index in [2.05, 4.69) is 20.6 Å². The number of benzene rings is 1. The smallest absolute Gasteiger partial charge is 0.254 e. The highest BCUT2D eigenvalue weighted by Crippen LogP contribution is 2.05. The predicted octanol–water partition coefficient (Wildman–Crippen LogP) is 2.66. The lowest BCUT2D eigenvalue weighted by atomic mass is 10.1. The zero-order valence-corrected chi connectivity index (χ0v) is 13.3. The lowest BCUT2D eigenvalue weighted by Gasteiger charge is -2.08. The van der Waals surface area contributed by atoms with E-state index in [0.717, 1.165) is 12.0 Å². The van der Waals surface area contributed by atoms with Crippen molar-refractivity contribution in [3.63, 3.8) is 0 Å². The fourth-order valence-corrected chi connectivity index (χ4v) is 1.91. The summed E-state index contributed by atoms with van der Waals surface area (Å²) in [7, 11) is 0. The number of hydrogen-bond acceptors (Lipinski definition) is 4. The average molecular weight is 316 g/mol. The molecule has 0 spiro atoms. The predicted molar refractivity (Wildman–Crippen MR) is 87.8 cm³/mol. The van der Waals surface area contributed by atoms with Gasteiger partial charge in [0, 0.05) is 25.5 Å². The summed E-state index contributed by atoms with van der Waals surface area (Å²) in [6, 6.07) is 6.38. The van der Waals surface area contributed by atoms with Crippen LogP contribution < -0.4 is 10.6 Å². The quantitative estimate of drug-likeness (QED) is 0.824. The number of nitrogens with one attached hydrogen (secondary N) is 2. The minimum absolute atomic E-state index is 0.170. The number of carbonyl (C=O) groups excluding carboxylic acids is 1. The maximum absolute atomic E-state index is 12.8. The van der Waals surface area contributed by atoms with Crippen molar-refractivity contribution in [1.29, 1.82) is 0 Å². The summed E-state index contributed by atoms with van der Waals surface area (Å²) in [4.78, 5) is 20.1. The molecule has 1 aromatic heterocycles. The van der Waals surface area contributed by atoms with E-state index >= 15 is 0 Å². The average Bonchev–Trinajstić information content (AvgIpc) is 2.55. The molecule has 0 aliphatic rings. The van der Waals surface area contributed by atoms with Crippen LogP contribution >= 0.6 is 0 Å². The second-order valence-electron chi connectivity index (χ2n) is 5.70. The molecule has 0 saturated carbocycles. The zero-order valence-electron chi connectivity index (χ0n) is 13.3. The SMILES string of the molecule is CC(C)CNC(=O)c1cnc(NCCc2ccc(F)cc2)nc1. The molecule has 5 nitrogen and oxygen atoms in total. The van der Waals surface area contributed by atoms with Gasteiger partial charge in [-0.1, -0.05) is 26.0 Å². The van der Waals surface area contributed by atoms with Crippen LogP contribution in [0.2, 0.25) is 0 Å². The van der Waals surface area contributed by atoms with Crippen LogP contribution in [-0.4, -0.2) is 29.0 Å². The summed E-state index contributed by atoms with van der Waals surface area (Å²) in [5.41, 5.74) is 1.47. The van der Waals surface area contributed by atoms with E-state index in [1.165, 1.54) is 24.5 Å². The first kappa shape index (κ1) is 16.9. The van der Waals surface area contributed by atoms with Gasteiger partial charge in [0.1, 0.15) is 5.82 Å². The van der Waals surface area contributed by atoms with Crippen LogP contribution in [0.3, 0.4) is 0 Å². The number of nitrogens with zero attached hydrogens (tertiary/aromatic N) is 2. The van der Waals surface area contributed by atoms with Crippen LogP contribution in [0.5, 0.6) is 0 Å². The molecule has 1 aromatic carbocycles. The van der Waals surface area contributed by atoms with Gasteiger partial charge in [-0.05, 0) is 30.0 Å². The molecule has 1 amide bonds. The standard InChI is InChI=1S/C17H21FN4O/c1-12(2)9-20-16(23)14-10-21-17(22-11-14)19-8-7-13-3-5-15(18)6-4-13/h3-6,10-12H,7-9H2,1-2H3,(H,20,23)(H,19,21,22). The molecule has 2 aromatic rings. The fraction of sp³-hybridized carbons (Fsp3) is 0.353. The Labute approximate surface area is 135 Å². The van der Waals surface area contributed by atoms with Gasteiger partial charge in [-0.2, -0.15) is 0 Å². The summed E-state index contributed by atoms with van der Waals surface area (Å²) in [6.45, 7) is 5.32. The Kier molecular flexibility index (Phi) is 6.02. The minimum atomic E-state index is -0.239. The van der Waals surface area contributed by atoms with Gasteiger partial charge in [0.05, 0.1) is 5.56 Å². The van der Waals surface area contributed by atoms with Crippen molar-refractivity contribution in [3.05, 3.63) is 53.6 Å². The summed E-state index contributed by atoms with van der Waals surface area (Å²) in [5.74, 6) is 0.452. The van der Waals surface area contributed by atoms with Gasteiger partial charge in [0.2, 0.25) is 5.95 Å². The van der Waals surface area contributed by atoms with E-state index in [4.69, 9.17) is 0 Å². The molecule has 0 aliphatic carbocycles. The summed E-state index contributed by atoms with van der Waals surface area (Å²) < 4.78 is 12.8. The second-order valence-corrected chi connectivity index (χ2v) is 5.70. The lowest BCUT2D eigenvalue weighted by Crippen LogP contribution is -2.27. The lowest BCUT2D eigenvalue weighted by molar-refractivity contribution is 0.0948. The number of rotatable bonds is 7. The Morgan fingerprint density at radius 1 is 1.17 bits per heavy atom. The van der Waals surface area contributed by atoms with Crippen molar-refractivity contribution in [2.24, 2.45) is 5.92 Å². The van der Waals surface area contributed by atoms with Crippen molar-refractivity contribution >= 4 is 11.9 Å². The molecular formula is C17H21FN4O. The molecule has 0 unspecified atom stereocenters. The van der Waals surface area contributed by atoms with Crippen LogP contribution in [-0.2, 0) is 6.42 Å². The number of hydrogen-bond donors (Lipinski definition) is 2. The molecule has 6 heteroatoms. The van der Waals surface area contributed by atoms with Gasteiger partial charge in [-0.15, -0.1) is 0 Å². The molecule has 0 bridgehead atoms. The van der Waals surface area contributed by atoms with E-state index in [-0.39, 0.29) is 11.7 Å². The summed E-state index contributed by atoms with van der Waals surface area (Å²) in [5, 5.41) is 5.89. The van der Waals surface area contributed by atoms with E-state index in [0.29, 0.717) is 30.5 Å². The Hall–Kier alpha value is -2.50. The van der Waals surface area contributed by atoms with Gasteiger partial charge in [-0.25, -0.2) is 14.4 Å². The molecular weight excluding hydrogens is 295 g/mol. The van der Waals surface area contributed by atoms with Crippen LogP contribution in [0, 0.1) is 11.7 Å². The number of amides is 1. The highest BCUT2D eigenvalue weighted by Gasteiger charge is 2.07. The molecule has 2 rings (SSSR count). The monoisotopic (exact) mass is 316 g/mol. The van der Waals surface area contributed by atoms with Crippen LogP contribution in [0.1, 0.15) is 29.8 Å². The highest BCUT2D eigenvalue weighted by molar-refractivity contribution is 5.93. The molecule has 2 N–H and O–H groups in total. The van der Waals surface area contributed by atoms with Crippen molar-refractivity contribution in [3.8, 4) is 0 Å². The molecule has 0 atom stereocenters. The van der Waals surface area contributed by atoms with Crippen LogP contribution in [0.4, 0.5) is 10.3 Å². The van der Waals surface area contributed by atoms with E-state index in [1.54, 1.807) is 12.1 Å². The Bertz CT molecular complexity index is 626. The third-order valence-corrected chi connectivity index (χ3v) is 3.19. The summed E-state index contributed by atoms with van der Waals surface area (Å²) >= 11 is 0. The number of anilines is 1. The minimum Gasteiger partial charge on any atom is -0.354 e. The van der Waals surface area contributed by atoms with Gasteiger partial charge < -0.3 is 10.6 Å². The van der Waals surface area contributed by atoms with Crippen molar-refractivity contribution in [1.82, 2.24) is 15.3 Å². The van der Waals surface area contributed by atoms with Gasteiger partial charge in [-0.3, -0.25) is 4.79 Å². The third kappa shape index (κ3) is 5.65. The molecule has 0 radical (unpaired) electrons. The highest BCUT2D eigenvalue weighted by atomic mass is 19.1. The Balaban J connectivity index is 1.80. The number of aromatic nitrogens is 2. The normalized spacial score (nSPS) is 10.6. The number of halogens is 1. The van der Waals surface area contributed by atoms with Crippen molar-refractivity contribution in [2.45, 2.75) is 20.3 Å². The van der Waals surface area contributed by atoms with Crippen molar-refractivity contribution in [2.75, 3.05) is 18.4 Å². The first-order valence-corrected chi connectivity index (χ1v) is 7.63. The van der Waals surface area contributed by atoms with Crippen LogP contribution in [0.25, 0.3) is 0 Å². The summed E-state index contributed by atoms with van der Waals surface area (Å²) in [6.07, 6.45) is 3.74. The third-order valence-electron chi connectivity index (χ3n) is 3.19. The van der Waals surface area contributed by atoms with E-state index in [1.807, 2.05) is 13.8 Å². The second kappa shape index (κ2) is 8.22.